The predicted octanol–water partition coefficient (Wildman–Crippen LogP) is 3.99. The molecule has 1 aromatic carbocycles. The molecule has 0 atom stereocenters. The molecule has 31 heavy (non-hydrogen) atoms. The molecular weight excluding hydrogens is 441 g/mol. The quantitative estimate of drug-likeness (QED) is 0.450. The molecule has 0 spiro atoms. The van der Waals surface area contributed by atoms with Crippen LogP contribution < -0.4 is 10.1 Å². The van der Waals surface area contributed by atoms with Crippen LogP contribution in [0.1, 0.15) is 21.9 Å². The van der Waals surface area contributed by atoms with Gasteiger partial charge in [-0.15, -0.1) is 0 Å². The maximum absolute atomic E-state index is 12.5. The first kappa shape index (κ1) is 21.0. The highest BCUT2D eigenvalue weighted by Crippen LogP contribution is 2.19. The van der Waals surface area contributed by atoms with Crippen LogP contribution in [0.2, 0.25) is 10.0 Å². The van der Waals surface area contributed by atoms with Gasteiger partial charge in [0.2, 0.25) is 0 Å². The fourth-order valence-electron chi connectivity index (χ4n) is 2.90. The third kappa shape index (κ3) is 4.89. The molecule has 11 heteroatoms. The van der Waals surface area contributed by atoms with Crippen molar-refractivity contribution in [2.75, 3.05) is 5.32 Å². The number of anilines is 1. The Morgan fingerprint density at radius 1 is 1.16 bits per heavy atom. The third-order valence-corrected chi connectivity index (χ3v) is 5.28. The van der Waals surface area contributed by atoms with Gasteiger partial charge in [-0.3, -0.25) is 9.48 Å². The van der Waals surface area contributed by atoms with Gasteiger partial charge in [0.1, 0.15) is 12.4 Å². The number of hydrogen-bond donors (Lipinski definition) is 1. The van der Waals surface area contributed by atoms with Gasteiger partial charge in [0.15, 0.2) is 12.4 Å². The SMILES string of the molecule is Cc1nn(Cn2ccc(C(=O)Nc3cnn(COc4cccc(Cl)c4)c3)n2)c(C)c1Cl. The molecule has 3 heterocycles. The van der Waals surface area contributed by atoms with Gasteiger partial charge in [-0.25, -0.2) is 9.36 Å². The van der Waals surface area contributed by atoms with Gasteiger partial charge in [-0.2, -0.15) is 15.3 Å². The number of hydrogen-bond acceptors (Lipinski definition) is 5. The minimum absolute atomic E-state index is 0.177. The number of benzene rings is 1. The number of aromatic nitrogens is 6. The van der Waals surface area contributed by atoms with E-state index in [4.69, 9.17) is 27.9 Å². The average molecular weight is 460 g/mol. The first-order valence-electron chi connectivity index (χ1n) is 9.34. The minimum Gasteiger partial charge on any atom is -0.471 e. The van der Waals surface area contributed by atoms with Gasteiger partial charge in [-0.1, -0.05) is 29.3 Å². The first-order chi connectivity index (χ1) is 14.9. The molecule has 0 fully saturated rings. The van der Waals surface area contributed by atoms with Crippen LogP contribution in [-0.2, 0) is 13.4 Å². The van der Waals surface area contributed by atoms with E-state index in [-0.39, 0.29) is 18.3 Å². The largest absolute Gasteiger partial charge is 0.471 e. The van der Waals surface area contributed by atoms with Gasteiger partial charge in [-0.05, 0) is 38.1 Å². The summed E-state index contributed by atoms with van der Waals surface area (Å²) < 4.78 is 10.5. The number of halogens is 2. The summed E-state index contributed by atoms with van der Waals surface area (Å²) in [7, 11) is 0. The topological polar surface area (TPSA) is 91.8 Å². The molecule has 0 radical (unpaired) electrons. The van der Waals surface area contributed by atoms with Crippen molar-refractivity contribution >= 4 is 34.8 Å². The van der Waals surface area contributed by atoms with E-state index in [0.29, 0.717) is 28.2 Å². The van der Waals surface area contributed by atoms with E-state index < -0.39 is 0 Å². The molecule has 4 rings (SSSR count). The molecule has 1 N–H and O–H groups in total. The lowest BCUT2D eigenvalue weighted by Crippen LogP contribution is -2.15. The Morgan fingerprint density at radius 2 is 2.00 bits per heavy atom. The van der Waals surface area contributed by atoms with Crippen LogP contribution in [0.15, 0.2) is 48.9 Å². The highest BCUT2D eigenvalue weighted by Gasteiger charge is 2.13. The third-order valence-electron chi connectivity index (χ3n) is 4.50. The van der Waals surface area contributed by atoms with Crippen molar-refractivity contribution in [3.8, 4) is 5.75 Å². The normalized spacial score (nSPS) is 11.0. The second-order valence-corrected chi connectivity index (χ2v) is 7.63. The zero-order valence-corrected chi connectivity index (χ0v) is 18.3. The molecule has 0 aliphatic heterocycles. The summed E-state index contributed by atoms with van der Waals surface area (Å²) >= 11 is 12.1. The predicted molar refractivity (Wildman–Crippen MR) is 117 cm³/mol. The summed E-state index contributed by atoms with van der Waals surface area (Å²) in [5.74, 6) is 0.281. The maximum Gasteiger partial charge on any atom is 0.276 e. The average Bonchev–Trinajstić information content (AvgIpc) is 3.45. The van der Waals surface area contributed by atoms with Crippen LogP contribution in [-0.4, -0.2) is 35.2 Å². The molecule has 0 aliphatic carbocycles. The summed E-state index contributed by atoms with van der Waals surface area (Å²) in [5.41, 5.74) is 2.39. The number of ether oxygens (including phenoxy) is 1. The number of carbonyl (C=O) groups excluding carboxylic acids is 1. The Bertz CT molecular complexity index is 1230. The molecule has 0 unspecified atom stereocenters. The van der Waals surface area contributed by atoms with Crippen molar-refractivity contribution in [3.05, 3.63) is 76.0 Å². The monoisotopic (exact) mass is 459 g/mol. The molecule has 0 bridgehead atoms. The Morgan fingerprint density at radius 3 is 2.74 bits per heavy atom. The maximum atomic E-state index is 12.5. The van der Waals surface area contributed by atoms with Crippen molar-refractivity contribution in [3.63, 3.8) is 0 Å². The van der Waals surface area contributed by atoms with Gasteiger partial charge in [0.05, 0.1) is 34.5 Å². The lowest BCUT2D eigenvalue weighted by Gasteiger charge is -2.06. The Balaban J connectivity index is 1.35. The van der Waals surface area contributed by atoms with E-state index >= 15 is 0 Å². The molecule has 4 aromatic rings. The van der Waals surface area contributed by atoms with E-state index in [1.165, 1.54) is 6.20 Å². The number of aryl methyl sites for hydroxylation is 1. The molecule has 3 aromatic heterocycles. The van der Waals surface area contributed by atoms with E-state index in [9.17, 15) is 4.79 Å². The van der Waals surface area contributed by atoms with Gasteiger partial charge in [0, 0.05) is 11.2 Å². The Labute approximate surface area is 188 Å². The lowest BCUT2D eigenvalue weighted by atomic mass is 10.3. The fourth-order valence-corrected chi connectivity index (χ4v) is 3.22. The highest BCUT2D eigenvalue weighted by atomic mass is 35.5. The molecule has 0 aliphatic rings. The van der Waals surface area contributed by atoms with Crippen molar-refractivity contribution in [2.24, 2.45) is 0 Å². The van der Waals surface area contributed by atoms with Crippen LogP contribution in [0, 0.1) is 13.8 Å². The number of amides is 1. The number of nitrogens with zero attached hydrogens (tertiary/aromatic N) is 6. The van der Waals surface area contributed by atoms with Gasteiger partial charge in [0.25, 0.3) is 5.91 Å². The van der Waals surface area contributed by atoms with Crippen molar-refractivity contribution < 1.29 is 9.53 Å². The van der Waals surface area contributed by atoms with E-state index in [1.54, 1.807) is 56.8 Å². The summed E-state index contributed by atoms with van der Waals surface area (Å²) in [6.07, 6.45) is 4.91. The highest BCUT2D eigenvalue weighted by molar-refractivity contribution is 6.31. The Kier molecular flexibility index (Phi) is 5.97. The summed E-state index contributed by atoms with van der Waals surface area (Å²) in [6.45, 7) is 4.25. The fraction of sp³-hybridized carbons (Fsp3) is 0.200. The molecule has 160 valence electrons. The first-order valence-corrected chi connectivity index (χ1v) is 10.1. The summed E-state index contributed by atoms with van der Waals surface area (Å²) in [4.78, 5) is 12.5. The van der Waals surface area contributed by atoms with Crippen molar-refractivity contribution in [2.45, 2.75) is 27.2 Å². The second kappa shape index (κ2) is 8.83. The molecule has 9 nitrogen and oxygen atoms in total. The van der Waals surface area contributed by atoms with E-state index in [1.807, 2.05) is 13.8 Å². The summed E-state index contributed by atoms with van der Waals surface area (Å²) in [5, 5.41) is 16.8. The lowest BCUT2D eigenvalue weighted by molar-refractivity contribution is 0.102. The van der Waals surface area contributed by atoms with Crippen LogP contribution in [0.4, 0.5) is 5.69 Å². The van der Waals surface area contributed by atoms with Crippen molar-refractivity contribution in [1.29, 1.82) is 0 Å². The van der Waals surface area contributed by atoms with Crippen LogP contribution in [0.25, 0.3) is 0 Å². The molecule has 1 amide bonds. The minimum atomic E-state index is -0.347. The standard InChI is InChI=1S/C20H19Cl2N7O2/c1-13-19(22)14(2)29(25-13)11-27-7-6-18(26-27)20(30)24-16-9-23-28(10-16)12-31-17-5-3-4-15(21)8-17/h3-10H,11-12H2,1-2H3,(H,24,30). The summed E-state index contributed by atoms with van der Waals surface area (Å²) in [6, 6.07) is 8.71. The smallest absolute Gasteiger partial charge is 0.276 e. The van der Waals surface area contributed by atoms with Crippen LogP contribution >= 0.6 is 23.2 Å². The molecular formula is C20H19Cl2N7O2. The van der Waals surface area contributed by atoms with Crippen LogP contribution in [0.5, 0.6) is 5.75 Å². The number of nitrogens with one attached hydrogen (secondary N) is 1. The molecule has 0 saturated heterocycles. The number of carbonyl (C=O) groups is 1. The number of rotatable bonds is 7. The second-order valence-electron chi connectivity index (χ2n) is 6.82. The zero-order chi connectivity index (χ0) is 22.0. The van der Waals surface area contributed by atoms with Crippen LogP contribution in [0.3, 0.4) is 0 Å². The van der Waals surface area contributed by atoms with Crippen molar-refractivity contribution in [1.82, 2.24) is 29.3 Å². The van der Waals surface area contributed by atoms with E-state index in [2.05, 4.69) is 20.6 Å². The van der Waals surface area contributed by atoms with Gasteiger partial charge >= 0.3 is 0 Å². The molecule has 0 saturated carbocycles. The Hall–Kier alpha value is -3.30. The van der Waals surface area contributed by atoms with E-state index in [0.717, 1.165) is 11.4 Å². The van der Waals surface area contributed by atoms with Gasteiger partial charge < -0.3 is 10.1 Å². The zero-order valence-electron chi connectivity index (χ0n) is 16.8.